The van der Waals surface area contributed by atoms with Crippen LogP contribution in [0.15, 0.2) is 91.0 Å². The molecule has 4 aromatic rings. The number of nitrogens with one attached hydrogen (secondary N) is 1. The molecule has 0 aliphatic carbocycles. The third-order valence-electron chi connectivity index (χ3n) is 3.85. The molecule has 0 atom stereocenters. The summed E-state index contributed by atoms with van der Waals surface area (Å²) in [7, 11) is 0. The molecule has 0 aromatic heterocycles. The molecule has 154 valence electrons. The molecular formula is C24H24N2O4. The van der Waals surface area contributed by atoms with E-state index < -0.39 is 5.97 Å². The van der Waals surface area contributed by atoms with Crippen molar-refractivity contribution < 1.29 is 20.1 Å². The van der Waals surface area contributed by atoms with Gasteiger partial charge in [0, 0.05) is 34.8 Å². The summed E-state index contributed by atoms with van der Waals surface area (Å²) in [6.07, 6.45) is 0. The van der Waals surface area contributed by atoms with Gasteiger partial charge in [-0.15, -0.1) is 0 Å². The lowest BCUT2D eigenvalue weighted by Gasteiger charge is -2.05. The zero-order chi connectivity index (χ0) is 21.9. The average molecular weight is 404 g/mol. The van der Waals surface area contributed by atoms with Crippen molar-refractivity contribution in [2.75, 3.05) is 11.1 Å². The third kappa shape index (κ3) is 7.09. The number of nitrogen functional groups attached to an aromatic ring is 1. The number of fused-ring (bicyclic) bond motifs is 1. The van der Waals surface area contributed by atoms with Crippen molar-refractivity contribution in [3.8, 4) is 11.5 Å². The Morgan fingerprint density at radius 3 is 1.60 bits per heavy atom. The van der Waals surface area contributed by atoms with Crippen LogP contribution in [0.2, 0.25) is 0 Å². The number of benzene rings is 4. The van der Waals surface area contributed by atoms with E-state index in [0.717, 1.165) is 24.0 Å². The molecule has 0 spiro atoms. The van der Waals surface area contributed by atoms with Crippen molar-refractivity contribution in [1.82, 2.24) is 0 Å². The number of hydrogen-bond acceptors (Lipinski definition) is 5. The number of carboxylic acid groups (broad SMARTS) is 1. The van der Waals surface area contributed by atoms with Gasteiger partial charge >= 0.3 is 0 Å². The fourth-order valence-corrected chi connectivity index (χ4v) is 2.53. The van der Waals surface area contributed by atoms with Crippen LogP contribution in [-0.2, 0) is 4.79 Å². The Hall–Kier alpha value is -4.19. The van der Waals surface area contributed by atoms with Crippen LogP contribution in [0.5, 0.6) is 11.5 Å². The van der Waals surface area contributed by atoms with E-state index in [9.17, 15) is 10.2 Å². The zero-order valence-electron chi connectivity index (χ0n) is 16.5. The van der Waals surface area contributed by atoms with Gasteiger partial charge in [-0.2, -0.15) is 0 Å². The summed E-state index contributed by atoms with van der Waals surface area (Å²) in [5.74, 6) is -0.438. The Morgan fingerprint density at radius 1 is 0.700 bits per heavy atom. The molecule has 0 saturated heterocycles. The molecule has 0 unspecified atom stereocenters. The third-order valence-corrected chi connectivity index (χ3v) is 3.85. The summed E-state index contributed by atoms with van der Waals surface area (Å²) >= 11 is 0. The topological polar surface area (TPSA) is 116 Å². The molecular weight excluding hydrogens is 380 g/mol. The lowest BCUT2D eigenvalue weighted by molar-refractivity contribution is -0.134. The molecule has 6 heteroatoms. The summed E-state index contributed by atoms with van der Waals surface area (Å²) in [6.45, 7) is 1.08. The maximum absolute atomic E-state index is 9.38. The molecule has 6 nitrogen and oxygen atoms in total. The largest absolute Gasteiger partial charge is 0.507 e. The van der Waals surface area contributed by atoms with Crippen LogP contribution < -0.4 is 11.1 Å². The Bertz CT molecular complexity index is 1040. The van der Waals surface area contributed by atoms with Crippen molar-refractivity contribution in [3.05, 3.63) is 91.0 Å². The Labute approximate surface area is 174 Å². The first kappa shape index (κ1) is 22.1. The highest BCUT2D eigenvalue weighted by molar-refractivity contribution is 5.92. The highest BCUT2D eigenvalue weighted by Gasteiger charge is 2.00. The molecule has 0 heterocycles. The van der Waals surface area contributed by atoms with Crippen LogP contribution in [0.3, 0.4) is 0 Å². The number of hydrogen-bond donors (Lipinski definition) is 5. The summed E-state index contributed by atoms with van der Waals surface area (Å²) in [4.78, 5) is 9.00. The van der Waals surface area contributed by atoms with Crippen LogP contribution in [0.4, 0.5) is 17.1 Å². The van der Waals surface area contributed by atoms with Gasteiger partial charge in [0.05, 0.1) is 0 Å². The summed E-state index contributed by atoms with van der Waals surface area (Å²) < 4.78 is 0. The van der Waals surface area contributed by atoms with E-state index in [-0.39, 0.29) is 11.5 Å². The van der Waals surface area contributed by atoms with Gasteiger partial charge in [-0.25, -0.2) is 0 Å². The second kappa shape index (κ2) is 11.0. The summed E-state index contributed by atoms with van der Waals surface area (Å²) in [5, 5.41) is 30.8. The van der Waals surface area contributed by atoms with Crippen LogP contribution in [0, 0.1) is 0 Å². The molecule has 0 aliphatic heterocycles. The summed E-state index contributed by atoms with van der Waals surface area (Å²) in [6, 6.07) is 27.9. The maximum Gasteiger partial charge on any atom is 0.300 e. The Kier molecular flexibility index (Phi) is 8.08. The quantitative estimate of drug-likeness (QED) is 0.287. The van der Waals surface area contributed by atoms with E-state index >= 15 is 0 Å². The highest BCUT2D eigenvalue weighted by Crippen LogP contribution is 2.29. The minimum Gasteiger partial charge on any atom is -0.507 e. The fourth-order valence-electron chi connectivity index (χ4n) is 2.53. The van der Waals surface area contributed by atoms with Gasteiger partial charge in [-0.1, -0.05) is 42.5 Å². The van der Waals surface area contributed by atoms with Crippen molar-refractivity contribution in [2.24, 2.45) is 0 Å². The number of aliphatic carboxylic acids is 1. The number of anilines is 3. The zero-order valence-corrected chi connectivity index (χ0v) is 16.5. The monoisotopic (exact) mass is 404 g/mol. The van der Waals surface area contributed by atoms with Gasteiger partial charge < -0.3 is 26.4 Å². The number of para-hydroxylation sites is 1. The first-order valence-electron chi connectivity index (χ1n) is 9.13. The number of phenolic OH excluding ortho intramolecular Hbond substituents is 2. The number of rotatable bonds is 2. The standard InChI is InChI=1S/C12H12N2.C10H8O2.C2H4O2/c13-10-6-8-12(9-7-10)14-11-4-2-1-3-5-11;11-9-5-1-3-7-8(9)4-2-6-10(7)12;1-2(3)4/h1-9,14H,13H2;1-6,11-12H;1H3,(H,3,4). The number of aromatic hydroxyl groups is 2. The average Bonchev–Trinajstić information content (AvgIpc) is 2.72. The number of carboxylic acids is 1. The predicted molar refractivity (Wildman–Crippen MR) is 121 cm³/mol. The fraction of sp³-hybridized carbons (Fsp3) is 0.0417. The van der Waals surface area contributed by atoms with Gasteiger partial charge in [0.2, 0.25) is 0 Å². The van der Waals surface area contributed by atoms with E-state index in [1.807, 2.05) is 54.6 Å². The second-order valence-corrected chi connectivity index (χ2v) is 6.28. The van der Waals surface area contributed by atoms with Gasteiger partial charge in [0.15, 0.2) is 0 Å². The lowest BCUT2D eigenvalue weighted by atomic mass is 10.1. The van der Waals surface area contributed by atoms with Gasteiger partial charge in [0.25, 0.3) is 5.97 Å². The molecule has 0 fully saturated rings. The van der Waals surface area contributed by atoms with Crippen LogP contribution in [0.1, 0.15) is 6.92 Å². The van der Waals surface area contributed by atoms with E-state index in [0.29, 0.717) is 10.8 Å². The van der Waals surface area contributed by atoms with E-state index in [1.54, 1.807) is 36.4 Å². The van der Waals surface area contributed by atoms with Crippen molar-refractivity contribution in [3.63, 3.8) is 0 Å². The first-order chi connectivity index (χ1) is 14.4. The van der Waals surface area contributed by atoms with Gasteiger partial charge in [-0.3, -0.25) is 4.79 Å². The number of nitrogens with two attached hydrogens (primary N) is 1. The Balaban J connectivity index is 0.000000183. The highest BCUT2D eigenvalue weighted by atomic mass is 16.4. The SMILES string of the molecule is CC(=O)O.Nc1ccc(Nc2ccccc2)cc1.Oc1cccc2c(O)cccc12. The molecule has 4 rings (SSSR count). The van der Waals surface area contributed by atoms with Gasteiger partial charge in [0.1, 0.15) is 11.5 Å². The minimum atomic E-state index is -0.833. The smallest absolute Gasteiger partial charge is 0.300 e. The predicted octanol–water partition coefficient (Wildman–Crippen LogP) is 5.35. The van der Waals surface area contributed by atoms with Gasteiger partial charge in [-0.05, 0) is 48.5 Å². The molecule has 0 aliphatic rings. The van der Waals surface area contributed by atoms with Crippen molar-refractivity contribution in [1.29, 1.82) is 0 Å². The molecule has 6 N–H and O–H groups in total. The van der Waals surface area contributed by atoms with E-state index in [4.69, 9.17) is 15.6 Å². The molecule has 0 saturated carbocycles. The summed E-state index contributed by atoms with van der Waals surface area (Å²) in [5.41, 5.74) is 8.50. The van der Waals surface area contributed by atoms with Crippen molar-refractivity contribution in [2.45, 2.75) is 6.92 Å². The van der Waals surface area contributed by atoms with E-state index in [1.165, 1.54) is 0 Å². The molecule has 30 heavy (non-hydrogen) atoms. The normalized spacial score (nSPS) is 9.50. The molecule has 0 radical (unpaired) electrons. The van der Waals surface area contributed by atoms with E-state index in [2.05, 4.69) is 5.32 Å². The number of phenols is 2. The maximum atomic E-state index is 9.38. The second-order valence-electron chi connectivity index (χ2n) is 6.28. The minimum absolute atomic E-state index is 0.198. The molecule has 4 aromatic carbocycles. The van der Waals surface area contributed by atoms with Crippen LogP contribution in [0.25, 0.3) is 10.8 Å². The van der Waals surface area contributed by atoms with Crippen LogP contribution in [-0.4, -0.2) is 21.3 Å². The lowest BCUT2D eigenvalue weighted by Crippen LogP contribution is -1.90. The molecule has 0 amide bonds. The molecule has 0 bridgehead atoms. The van der Waals surface area contributed by atoms with Crippen molar-refractivity contribution >= 4 is 33.8 Å². The first-order valence-corrected chi connectivity index (χ1v) is 9.13. The van der Waals surface area contributed by atoms with Crippen LogP contribution >= 0.6 is 0 Å². The Morgan fingerprint density at radius 2 is 1.13 bits per heavy atom. The number of carbonyl (C=O) groups is 1.